The molecule has 1 saturated heterocycles. The van der Waals surface area contributed by atoms with Gasteiger partial charge in [-0.2, -0.15) is 0 Å². The van der Waals surface area contributed by atoms with Crippen LogP contribution in [0.4, 0.5) is 8.78 Å². The second-order valence-corrected chi connectivity index (χ2v) is 4.77. The second kappa shape index (κ2) is 2.47. The lowest BCUT2D eigenvalue weighted by molar-refractivity contribution is -0.189. The predicted molar refractivity (Wildman–Crippen MR) is 45.1 cm³/mol. The molecule has 2 nitrogen and oxygen atoms in total. The number of hydrogen-bond acceptors (Lipinski definition) is 2. The van der Waals surface area contributed by atoms with Crippen LogP contribution < -0.4 is 0 Å². The van der Waals surface area contributed by atoms with Crippen LogP contribution in [-0.4, -0.2) is 24.9 Å². The average molecular weight is 204 g/mol. The lowest BCUT2D eigenvalue weighted by Crippen LogP contribution is -2.37. The van der Waals surface area contributed by atoms with Gasteiger partial charge in [0.05, 0.1) is 13.2 Å². The topological polar surface area (TPSA) is 18.5 Å². The summed E-state index contributed by atoms with van der Waals surface area (Å²) in [6.45, 7) is 1.23. The summed E-state index contributed by atoms with van der Waals surface area (Å²) in [6, 6.07) is 0. The summed E-state index contributed by atoms with van der Waals surface area (Å²) in [6.07, 6.45) is 2.47. The molecule has 0 bridgehead atoms. The van der Waals surface area contributed by atoms with Gasteiger partial charge in [-0.1, -0.05) is 0 Å². The summed E-state index contributed by atoms with van der Waals surface area (Å²) in [5, 5.41) is 0. The van der Waals surface area contributed by atoms with E-state index in [4.69, 9.17) is 9.47 Å². The van der Waals surface area contributed by atoms with Crippen molar-refractivity contribution in [2.45, 2.75) is 43.8 Å². The first-order valence-electron chi connectivity index (χ1n) is 5.23. The summed E-state index contributed by atoms with van der Waals surface area (Å²) in [5.74, 6) is -2.91. The second-order valence-electron chi connectivity index (χ2n) is 4.77. The summed E-state index contributed by atoms with van der Waals surface area (Å²) in [7, 11) is 0. The van der Waals surface area contributed by atoms with Crippen molar-refractivity contribution in [1.29, 1.82) is 0 Å². The van der Waals surface area contributed by atoms with Crippen LogP contribution in [0.2, 0.25) is 0 Å². The van der Waals surface area contributed by atoms with Crippen LogP contribution in [0.5, 0.6) is 0 Å². The third-order valence-electron chi connectivity index (χ3n) is 3.99. The van der Waals surface area contributed by atoms with E-state index in [2.05, 4.69) is 0 Å². The Hall–Kier alpha value is -0.220. The van der Waals surface area contributed by atoms with Crippen molar-refractivity contribution < 1.29 is 18.3 Å². The van der Waals surface area contributed by atoms with Gasteiger partial charge in [-0.15, -0.1) is 0 Å². The number of rotatable bonds is 0. The quantitative estimate of drug-likeness (QED) is 0.603. The van der Waals surface area contributed by atoms with Crippen LogP contribution in [0.25, 0.3) is 0 Å². The minimum Gasteiger partial charge on any atom is -0.348 e. The lowest BCUT2D eigenvalue weighted by Gasteiger charge is -2.35. The van der Waals surface area contributed by atoms with E-state index in [1.807, 2.05) is 0 Å². The third kappa shape index (κ3) is 1.07. The molecular weight excluding hydrogens is 190 g/mol. The Balaban J connectivity index is 1.68. The van der Waals surface area contributed by atoms with Gasteiger partial charge >= 0.3 is 0 Å². The van der Waals surface area contributed by atoms with Crippen molar-refractivity contribution in [3.8, 4) is 0 Å². The zero-order chi connectivity index (χ0) is 9.86. The molecule has 2 spiro atoms. The normalized spacial score (nSPS) is 36.4. The van der Waals surface area contributed by atoms with Gasteiger partial charge in [-0.3, -0.25) is 0 Å². The maximum absolute atomic E-state index is 13.1. The SMILES string of the molecule is FC1(F)CC12CCC1(CC2)OCCO1. The molecule has 3 aliphatic rings. The standard InChI is InChI=1S/C10H14F2O2/c11-10(12)7-8(10)1-3-9(4-2-8)13-5-6-14-9/h1-7H2. The first-order valence-corrected chi connectivity index (χ1v) is 5.23. The van der Waals surface area contributed by atoms with E-state index in [9.17, 15) is 8.78 Å². The molecule has 0 unspecified atom stereocenters. The molecule has 14 heavy (non-hydrogen) atoms. The number of alkyl halides is 2. The van der Waals surface area contributed by atoms with Gasteiger partial charge in [0, 0.05) is 24.7 Å². The summed E-state index contributed by atoms with van der Waals surface area (Å²) < 4.78 is 37.1. The molecule has 0 radical (unpaired) electrons. The molecule has 1 heterocycles. The van der Waals surface area contributed by atoms with Gasteiger partial charge in [-0.05, 0) is 12.8 Å². The van der Waals surface area contributed by atoms with Crippen LogP contribution in [-0.2, 0) is 9.47 Å². The van der Waals surface area contributed by atoms with Crippen molar-refractivity contribution in [2.75, 3.05) is 13.2 Å². The van der Waals surface area contributed by atoms with Gasteiger partial charge in [0.25, 0.3) is 5.92 Å². The summed E-state index contributed by atoms with van der Waals surface area (Å²) in [5.41, 5.74) is -0.687. The minimum atomic E-state index is -2.41. The van der Waals surface area contributed by atoms with Gasteiger partial charge < -0.3 is 9.47 Å². The number of ether oxygens (including phenoxy) is 2. The van der Waals surface area contributed by atoms with Crippen molar-refractivity contribution in [3.05, 3.63) is 0 Å². The van der Waals surface area contributed by atoms with Crippen molar-refractivity contribution in [3.63, 3.8) is 0 Å². The molecule has 0 aromatic heterocycles. The zero-order valence-electron chi connectivity index (χ0n) is 8.02. The van der Waals surface area contributed by atoms with Crippen LogP contribution in [0.3, 0.4) is 0 Å². The first kappa shape index (κ1) is 9.04. The highest BCUT2D eigenvalue weighted by molar-refractivity contribution is 5.12. The monoisotopic (exact) mass is 204 g/mol. The molecule has 0 aromatic carbocycles. The molecule has 3 fully saturated rings. The smallest absolute Gasteiger partial charge is 0.254 e. The molecule has 2 saturated carbocycles. The lowest BCUT2D eigenvalue weighted by atomic mass is 9.82. The largest absolute Gasteiger partial charge is 0.348 e. The predicted octanol–water partition coefficient (Wildman–Crippen LogP) is 2.33. The number of hydrogen-bond donors (Lipinski definition) is 0. The Morgan fingerprint density at radius 1 is 0.857 bits per heavy atom. The maximum Gasteiger partial charge on any atom is 0.254 e. The first-order chi connectivity index (χ1) is 6.58. The molecule has 0 N–H and O–H groups in total. The van der Waals surface area contributed by atoms with Gasteiger partial charge in [0.15, 0.2) is 5.79 Å². The van der Waals surface area contributed by atoms with Crippen LogP contribution >= 0.6 is 0 Å². The van der Waals surface area contributed by atoms with Gasteiger partial charge in [-0.25, -0.2) is 8.78 Å². The molecule has 1 aliphatic heterocycles. The highest BCUT2D eigenvalue weighted by Crippen LogP contribution is 2.68. The Bertz CT molecular complexity index is 237. The molecule has 2 aliphatic carbocycles. The molecule has 80 valence electrons. The molecule has 3 rings (SSSR count). The molecule has 4 heteroatoms. The minimum absolute atomic E-state index is 0.0794. The van der Waals surface area contributed by atoms with Gasteiger partial charge in [0.2, 0.25) is 0 Å². The van der Waals surface area contributed by atoms with Crippen molar-refractivity contribution in [2.24, 2.45) is 5.41 Å². The maximum atomic E-state index is 13.1. The third-order valence-corrected chi connectivity index (χ3v) is 3.99. The molecule has 0 aromatic rings. The van der Waals surface area contributed by atoms with Crippen molar-refractivity contribution in [1.82, 2.24) is 0 Å². The molecule has 0 amide bonds. The van der Waals surface area contributed by atoms with Crippen LogP contribution in [0.15, 0.2) is 0 Å². The Morgan fingerprint density at radius 2 is 1.36 bits per heavy atom. The fraction of sp³-hybridized carbons (Fsp3) is 1.00. The van der Waals surface area contributed by atoms with E-state index >= 15 is 0 Å². The van der Waals surface area contributed by atoms with E-state index in [0.29, 0.717) is 38.9 Å². The average Bonchev–Trinajstić information content (AvgIpc) is 2.53. The highest BCUT2D eigenvalue weighted by atomic mass is 19.3. The van der Waals surface area contributed by atoms with Crippen molar-refractivity contribution >= 4 is 0 Å². The summed E-state index contributed by atoms with van der Waals surface area (Å²) in [4.78, 5) is 0. The Labute approximate surface area is 81.6 Å². The Kier molecular flexibility index (Phi) is 1.60. The zero-order valence-corrected chi connectivity index (χ0v) is 8.02. The summed E-state index contributed by atoms with van der Waals surface area (Å²) >= 11 is 0. The van der Waals surface area contributed by atoms with Crippen LogP contribution in [0.1, 0.15) is 32.1 Å². The molecular formula is C10H14F2O2. The van der Waals surface area contributed by atoms with E-state index in [-0.39, 0.29) is 6.42 Å². The Morgan fingerprint density at radius 3 is 1.79 bits per heavy atom. The fourth-order valence-corrected chi connectivity index (χ4v) is 2.82. The molecule has 0 atom stereocenters. The van der Waals surface area contributed by atoms with E-state index in [1.54, 1.807) is 0 Å². The van der Waals surface area contributed by atoms with E-state index in [0.717, 1.165) is 0 Å². The fourth-order valence-electron chi connectivity index (χ4n) is 2.82. The number of halogens is 2. The van der Waals surface area contributed by atoms with E-state index < -0.39 is 17.1 Å². The van der Waals surface area contributed by atoms with Gasteiger partial charge in [0.1, 0.15) is 0 Å². The van der Waals surface area contributed by atoms with Crippen LogP contribution in [0, 0.1) is 5.41 Å². The highest BCUT2D eigenvalue weighted by Gasteiger charge is 2.72. The van der Waals surface area contributed by atoms with E-state index in [1.165, 1.54) is 0 Å².